The zero-order valence-corrected chi connectivity index (χ0v) is 11.7. The third-order valence-electron chi connectivity index (χ3n) is 2.89. The van der Waals surface area contributed by atoms with Crippen LogP contribution < -0.4 is 5.32 Å². The fourth-order valence-corrected chi connectivity index (χ4v) is 3.05. The summed E-state index contributed by atoms with van der Waals surface area (Å²) in [7, 11) is 0. The average Bonchev–Trinajstić information content (AvgIpc) is 2.78. The number of fused-ring (bicyclic) bond motifs is 1. The van der Waals surface area contributed by atoms with Crippen molar-refractivity contribution in [2.24, 2.45) is 0 Å². The number of hydrogen-bond acceptors (Lipinski definition) is 3. The number of aromatic nitrogens is 1. The number of benzene rings is 1. The second kappa shape index (κ2) is 6.66. The normalized spacial score (nSPS) is 12.7. The molecule has 2 nitrogen and oxygen atoms in total. The molecule has 0 fully saturated rings. The van der Waals surface area contributed by atoms with E-state index < -0.39 is 0 Å². The first kappa shape index (κ1) is 13.2. The first-order valence-corrected chi connectivity index (χ1v) is 7.34. The highest BCUT2D eigenvalue weighted by Crippen LogP contribution is 2.22. The molecule has 0 radical (unpaired) electrons. The molecule has 1 unspecified atom stereocenters. The topological polar surface area (TPSA) is 24.9 Å². The summed E-state index contributed by atoms with van der Waals surface area (Å²) in [5.41, 5.74) is 1.12. The van der Waals surface area contributed by atoms with Crippen molar-refractivity contribution >= 4 is 21.6 Å². The molecule has 96 valence electrons. The SMILES string of the molecule is C=CCC(Cc1nc2ccccc2s1)NCCC. The van der Waals surface area contributed by atoms with E-state index in [0.717, 1.165) is 31.3 Å². The molecule has 0 saturated carbocycles. The Bertz CT molecular complexity index is 471. The van der Waals surface area contributed by atoms with Gasteiger partial charge in [0.15, 0.2) is 0 Å². The van der Waals surface area contributed by atoms with Gasteiger partial charge in [-0.25, -0.2) is 4.98 Å². The fourth-order valence-electron chi connectivity index (χ4n) is 2.01. The Morgan fingerprint density at radius 1 is 1.44 bits per heavy atom. The minimum atomic E-state index is 0.461. The lowest BCUT2D eigenvalue weighted by atomic mass is 10.1. The van der Waals surface area contributed by atoms with Crippen molar-refractivity contribution in [3.8, 4) is 0 Å². The van der Waals surface area contributed by atoms with Crippen LogP contribution in [0.2, 0.25) is 0 Å². The van der Waals surface area contributed by atoms with Gasteiger partial charge in [0.05, 0.1) is 15.2 Å². The first-order chi connectivity index (χ1) is 8.83. The van der Waals surface area contributed by atoms with Crippen LogP contribution in [0.3, 0.4) is 0 Å². The van der Waals surface area contributed by atoms with E-state index >= 15 is 0 Å². The van der Waals surface area contributed by atoms with Crippen LogP contribution in [0.1, 0.15) is 24.8 Å². The molecule has 1 heterocycles. The number of nitrogens with zero attached hydrogens (tertiary/aromatic N) is 1. The molecule has 18 heavy (non-hydrogen) atoms. The lowest BCUT2D eigenvalue weighted by molar-refractivity contribution is 0.511. The van der Waals surface area contributed by atoms with Gasteiger partial charge in [-0.1, -0.05) is 25.1 Å². The Hall–Kier alpha value is -1.19. The molecule has 1 aromatic heterocycles. The molecular formula is C15H20N2S. The molecule has 0 aliphatic heterocycles. The largest absolute Gasteiger partial charge is 0.313 e. The molecule has 0 saturated heterocycles. The van der Waals surface area contributed by atoms with Crippen LogP contribution in [0.15, 0.2) is 36.9 Å². The predicted molar refractivity (Wildman–Crippen MR) is 80.2 cm³/mol. The molecule has 0 aliphatic rings. The van der Waals surface area contributed by atoms with Crippen molar-refractivity contribution in [1.29, 1.82) is 0 Å². The third kappa shape index (κ3) is 3.40. The van der Waals surface area contributed by atoms with Gasteiger partial charge in [-0.3, -0.25) is 0 Å². The summed E-state index contributed by atoms with van der Waals surface area (Å²) in [4.78, 5) is 4.69. The Morgan fingerprint density at radius 3 is 3.00 bits per heavy atom. The number of thiazole rings is 1. The van der Waals surface area contributed by atoms with Crippen molar-refractivity contribution in [2.75, 3.05) is 6.54 Å². The fraction of sp³-hybridized carbons (Fsp3) is 0.400. The van der Waals surface area contributed by atoms with E-state index in [9.17, 15) is 0 Å². The Kier molecular flexibility index (Phi) is 4.90. The van der Waals surface area contributed by atoms with Crippen molar-refractivity contribution < 1.29 is 0 Å². The maximum atomic E-state index is 4.69. The van der Waals surface area contributed by atoms with Crippen LogP contribution in [-0.2, 0) is 6.42 Å². The van der Waals surface area contributed by atoms with Gasteiger partial charge in [-0.15, -0.1) is 17.9 Å². The predicted octanol–water partition coefficient (Wildman–Crippen LogP) is 3.78. The monoisotopic (exact) mass is 260 g/mol. The summed E-state index contributed by atoms with van der Waals surface area (Å²) in [6.07, 6.45) is 5.13. The minimum Gasteiger partial charge on any atom is -0.313 e. The smallest absolute Gasteiger partial charge is 0.0954 e. The maximum Gasteiger partial charge on any atom is 0.0954 e. The zero-order chi connectivity index (χ0) is 12.8. The van der Waals surface area contributed by atoms with Gasteiger partial charge in [-0.05, 0) is 31.5 Å². The number of hydrogen-bond donors (Lipinski definition) is 1. The molecule has 2 rings (SSSR count). The summed E-state index contributed by atoms with van der Waals surface area (Å²) in [6, 6.07) is 8.79. The van der Waals surface area contributed by atoms with Crippen molar-refractivity contribution in [3.63, 3.8) is 0 Å². The highest BCUT2D eigenvalue weighted by Gasteiger charge is 2.10. The zero-order valence-electron chi connectivity index (χ0n) is 10.9. The average molecular weight is 260 g/mol. The number of rotatable bonds is 7. The first-order valence-electron chi connectivity index (χ1n) is 6.52. The molecule has 0 aliphatic carbocycles. The second-order valence-corrected chi connectivity index (χ2v) is 5.57. The third-order valence-corrected chi connectivity index (χ3v) is 3.95. The lowest BCUT2D eigenvalue weighted by Gasteiger charge is -2.14. The molecule has 1 aromatic carbocycles. The molecule has 2 aromatic rings. The van der Waals surface area contributed by atoms with Crippen molar-refractivity contribution in [1.82, 2.24) is 10.3 Å². The Labute approximate surface area is 113 Å². The highest BCUT2D eigenvalue weighted by molar-refractivity contribution is 7.18. The van der Waals surface area contributed by atoms with E-state index in [1.165, 1.54) is 9.71 Å². The van der Waals surface area contributed by atoms with E-state index in [1.807, 2.05) is 12.1 Å². The number of nitrogens with one attached hydrogen (secondary N) is 1. The molecule has 1 N–H and O–H groups in total. The van der Waals surface area contributed by atoms with Gasteiger partial charge in [0, 0.05) is 12.5 Å². The van der Waals surface area contributed by atoms with Gasteiger partial charge >= 0.3 is 0 Å². The summed E-state index contributed by atoms with van der Waals surface area (Å²) in [5, 5.41) is 4.77. The van der Waals surface area contributed by atoms with Gasteiger partial charge < -0.3 is 5.32 Å². The Morgan fingerprint density at radius 2 is 2.28 bits per heavy atom. The quantitative estimate of drug-likeness (QED) is 0.766. The van der Waals surface area contributed by atoms with Crippen LogP contribution >= 0.6 is 11.3 Å². The molecule has 0 bridgehead atoms. The summed E-state index contributed by atoms with van der Waals surface area (Å²) in [5.74, 6) is 0. The lowest BCUT2D eigenvalue weighted by Crippen LogP contribution is -2.31. The minimum absolute atomic E-state index is 0.461. The van der Waals surface area contributed by atoms with Crippen LogP contribution in [0.25, 0.3) is 10.2 Å². The molecular weight excluding hydrogens is 240 g/mol. The van der Waals surface area contributed by atoms with E-state index in [2.05, 4.69) is 42.0 Å². The summed E-state index contributed by atoms with van der Waals surface area (Å²) in [6.45, 7) is 7.09. The van der Waals surface area contributed by atoms with Crippen LogP contribution in [0, 0.1) is 0 Å². The van der Waals surface area contributed by atoms with Gasteiger partial charge in [0.1, 0.15) is 0 Å². The summed E-state index contributed by atoms with van der Waals surface area (Å²) >= 11 is 1.80. The van der Waals surface area contributed by atoms with Gasteiger partial charge in [-0.2, -0.15) is 0 Å². The van der Waals surface area contributed by atoms with Crippen molar-refractivity contribution in [3.05, 3.63) is 41.9 Å². The van der Waals surface area contributed by atoms with Crippen LogP contribution in [-0.4, -0.2) is 17.6 Å². The van der Waals surface area contributed by atoms with Crippen molar-refractivity contribution in [2.45, 2.75) is 32.2 Å². The van der Waals surface area contributed by atoms with E-state index in [0.29, 0.717) is 6.04 Å². The van der Waals surface area contributed by atoms with Crippen LogP contribution in [0.4, 0.5) is 0 Å². The standard InChI is InChI=1S/C15H20N2S/c1-3-7-12(16-10-4-2)11-15-17-13-8-5-6-9-14(13)18-15/h3,5-6,8-9,12,16H,1,4,7,10-11H2,2H3. The van der Waals surface area contributed by atoms with E-state index in [4.69, 9.17) is 0 Å². The molecule has 3 heteroatoms. The van der Waals surface area contributed by atoms with Gasteiger partial charge in [0.25, 0.3) is 0 Å². The summed E-state index contributed by atoms with van der Waals surface area (Å²) < 4.78 is 1.28. The van der Waals surface area contributed by atoms with Crippen LogP contribution in [0.5, 0.6) is 0 Å². The number of para-hydroxylation sites is 1. The van der Waals surface area contributed by atoms with Gasteiger partial charge in [0.2, 0.25) is 0 Å². The Balaban J connectivity index is 2.07. The highest BCUT2D eigenvalue weighted by atomic mass is 32.1. The van der Waals surface area contributed by atoms with E-state index in [1.54, 1.807) is 11.3 Å². The molecule has 0 spiro atoms. The molecule has 0 amide bonds. The maximum absolute atomic E-state index is 4.69. The second-order valence-electron chi connectivity index (χ2n) is 4.45. The molecule has 1 atom stereocenters. The van der Waals surface area contributed by atoms with E-state index in [-0.39, 0.29) is 0 Å².